The third kappa shape index (κ3) is 1.77. The smallest absolute Gasteiger partial charge is 0.0300 e. The molecule has 1 saturated carbocycles. The van der Waals surface area contributed by atoms with Crippen molar-refractivity contribution in [2.45, 2.75) is 59.3 Å². The van der Waals surface area contributed by atoms with Crippen molar-refractivity contribution in [2.75, 3.05) is 0 Å². The summed E-state index contributed by atoms with van der Waals surface area (Å²) in [5.74, 6) is 1.02. The van der Waals surface area contributed by atoms with Gasteiger partial charge in [0.25, 0.3) is 0 Å². The van der Waals surface area contributed by atoms with Gasteiger partial charge >= 0.3 is 0 Å². The lowest BCUT2D eigenvalue weighted by Gasteiger charge is -2.40. The summed E-state index contributed by atoms with van der Waals surface area (Å²) in [5, 5.41) is 0. The van der Waals surface area contributed by atoms with Crippen LogP contribution in [0.3, 0.4) is 0 Å². The highest BCUT2D eigenvalue weighted by atomic mass is 14.4. The second-order valence-corrected chi connectivity index (χ2v) is 4.36. The van der Waals surface area contributed by atoms with Gasteiger partial charge in [-0.3, -0.25) is 0 Å². The summed E-state index contributed by atoms with van der Waals surface area (Å²) in [6.07, 6.45) is 8.69. The van der Waals surface area contributed by atoms with E-state index in [4.69, 9.17) is 0 Å². The maximum atomic E-state index is 2.49. The number of hydrogen-bond acceptors (Lipinski definition) is 0. The van der Waals surface area contributed by atoms with E-state index in [0.717, 1.165) is 5.92 Å². The van der Waals surface area contributed by atoms with Gasteiger partial charge in [-0.25, -0.2) is 0 Å². The minimum Gasteiger partial charge on any atom is -0.0651 e. The minimum absolute atomic E-state index is 0.688. The molecule has 0 spiro atoms. The van der Waals surface area contributed by atoms with Crippen LogP contribution < -0.4 is 0 Å². The molecule has 0 N–H and O–H groups in total. The van der Waals surface area contributed by atoms with Crippen LogP contribution in [-0.2, 0) is 0 Å². The predicted octanol–water partition coefficient (Wildman–Crippen LogP) is 4.00. The first-order chi connectivity index (χ1) is 5.23. The van der Waals surface area contributed by atoms with Crippen molar-refractivity contribution in [3.05, 3.63) is 0 Å². The van der Waals surface area contributed by atoms with Gasteiger partial charge in [-0.15, -0.1) is 0 Å². The first-order valence-electron chi connectivity index (χ1n) is 5.23. The molecule has 0 aromatic heterocycles. The monoisotopic (exact) mass is 154 g/mol. The molecule has 1 rings (SSSR count). The Morgan fingerprint density at radius 3 is 2.45 bits per heavy atom. The van der Waals surface area contributed by atoms with Gasteiger partial charge < -0.3 is 0 Å². The van der Waals surface area contributed by atoms with Gasteiger partial charge in [-0.05, 0) is 24.2 Å². The SMILES string of the molecule is CCC1CCCCC1(C)CC. The van der Waals surface area contributed by atoms with Crippen molar-refractivity contribution in [1.29, 1.82) is 0 Å². The summed E-state index contributed by atoms with van der Waals surface area (Å²) >= 11 is 0. The molecule has 2 atom stereocenters. The van der Waals surface area contributed by atoms with Gasteiger partial charge in [0, 0.05) is 0 Å². The predicted molar refractivity (Wildman–Crippen MR) is 50.6 cm³/mol. The lowest BCUT2D eigenvalue weighted by Crippen LogP contribution is -2.29. The van der Waals surface area contributed by atoms with E-state index >= 15 is 0 Å². The molecule has 1 fully saturated rings. The summed E-state index contributed by atoms with van der Waals surface area (Å²) < 4.78 is 0. The Morgan fingerprint density at radius 2 is 2.00 bits per heavy atom. The largest absolute Gasteiger partial charge is 0.0651 e. The zero-order valence-corrected chi connectivity index (χ0v) is 8.32. The Bertz CT molecular complexity index is 117. The molecular formula is C11H22. The van der Waals surface area contributed by atoms with Crippen molar-refractivity contribution in [1.82, 2.24) is 0 Å². The van der Waals surface area contributed by atoms with E-state index in [1.165, 1.54) is 38.5 Å². The van der Waals surface area contributed by atoms with E-state index in [1.54, 1.807) is 0 Å². The maximum absolute atomic E-state index is 2.49. The molecule has 0 aromatic carbocycles. The standard InChI is InChI=1S/C11H22/c1-4-10-8-6-7-9-11(10,3)5-2/h10H,4-9H2,1-3H3. The average Bonchev–Trinajstić information content (AvgIpc) is 2.05. The molecule has 0 radical (unpaired) electrons. The molecule has 0 bridgehead atoms. The van der Waals surface area contributed by atoms with Crippen LogP contribution in [0.15, 0.2) is 0 Å². The summed E-state index contributed by atoms with van der Waals surface area (Å²) in [6, 6.07) is 0. The van der Waals surface area contributed by atoms with E-state index in [2.05, 4.69) is 20.8 Å². The van der Waals surface area contributed by atoms with Crippen molar-refractivity contribution in [3.63, 3.8) is 0 Å². The Balaban J connectivity index is 2.57. The van der Waals surface area contributed by atoms with Crippen LogP contribution in [0.5, 0.6) is 0 Å². The number of hydrogen-bond donors (Lipinski definition) is 0. The molecule has 0 amide bonds. The fourth-order valence-electron chi connectivity index (χ4n) is 2.63. The Kier molecular flexibility index (Phi) is 2.98. The lowest BCUT2D eigenvalue weighted by molar-refractivity contribution is 0.106. The molecule has 66 valence electrons. The zero-order chi connectivity index (χ0) is 8.32. The Hall–Kier alpha value is 0. The second kappa shape index (κ2) is 3.60. The normalized spacial score (nSPS) is 39.0. The van der Waals surface area contributed by atoms with Crippen molar-refractivity contribution in [3.8, 4) is 0 Å². The third-order valence-electron chi connectivity index (χ3n) is 3.84. The average molecular weight is 154 g/mol. The molecule has 0 saturated heterocycles. The molecule has 1 aliphatic rings. The third-order valence-corrected chi connectivity index (χ3v) is 3.84. The van der Waals surface area contributed by atoms with E-state index < -0.39 is 0 Å². The van der Waals surface area contributed by atoms with Gasteiger partial charge in [-0.1, -0.05) is 46.5 Å². The van der Waals surface area contributed by atoms with Crippen LogP contribution in [0.1, 0.15) is 59.3 Å². The molecule has 0 heteroatoms. The molecule has 1 aliphatic carbocycles. The van der Waals surface area contributed by atoms with E-state index in [9.17, 15) is 0 Å². The van der Waals surface area contributed by atoms with Gasteiger partial charge in [0.15, 0.2) is 0 Å². The fourth-order valence-corrected chi connectivity index (χ4v) is 2.63. The summed E-state index contributed by atoms with van der Waals surface area (Å²) in [7, 11) is 0. The van der Waals surface area contributed by atoms with Crippen LogP contribution >= 0.6 is 0 Å². The van der Waals surface area contributed by atoms with Crippen LogP contribution in [0.2, 0.25) is 0 Å². The van der Waals surface area contributed by atoms with Gasteiger partial charge in [0.05, 0.1) is 0 Å². The van der Waals surface area contributed by atoms with Crippen molar-refractivity contribution in [2.24, 2.45) is 11.3 Å². The van der Waals surface area contributed by atoms with Gasteiger partial charge in [0.1, 0.15) is 0 Å². The first kappa shape index (κ1) is 9.09. The minimum atomic E-state index is 0.688. The van der Waals surface area contributed by atoms with E-state index in [-0.39, 0.29) is 0 Å². The molecular weight excluding hydrogens is 132 g/mol. The summed E-state index contributed by atoms with van der Waals surface area (Å²) in [6.45, 7) is 7.19. The van der Waals surface area contributed by atoms with Crippen molar-refractivity contribution >= 4 is 0 Å². The van der Waals surface area contributed by atoms with E-state index in [0.29, 0.717) is 5.41 Å². The highest BCUT2D eigenvalue weighted by Gasteiger charge is 2.33. The Morgan fingerprint density at radius 1 is 1.27 bits per heavy atom. The molecule has 0 heterocycles. The van der Waals surface area contributed by atoms with Gasteiger partial charge in [-0.2, -0.15) is 0 Å². The summed E-state index contributed by atoms with van der Waals surface area (Å²) in [5.41, 5.74) is 0.688. The van der Waals surface area contributed by atoms with E-state index in [1.807, 2.05) is 0 Å². The summed E-state index contributed by atoms with van der Waals surface area (Å²) in [4.78, 5) is 0. The fraction of sp³-hybridized carbons (Fsp3) is 1.00. The quantitative estimate of drug-likeness (QED) is 0.564. The lowest BCUT2D eigenvalue weighted by atomic mass is 9.65. The van der Waals surface area contributed by atoms with Gasteiger partial charge in [0.2, 0.25) is 0 Å². The van der Waals surface area contributed by atoms with Crippen molar-refractivity contribution < 1.29 is 0 Å². The molecule has 2 unspecified atom stereocenters. The van der Waals surface area contributed by atoms with Crippen LogP contribution in [-0.4, -0.2) is 0 Å². The van der Waals surface area contributed by atoms with Crippen LogP contribution in [0.4, 0.5) is 0 Å². The highest BCUT2D eigenvalue weighted by molar-refractivity contribution is 4.84. The van der Waals surface area contributed by atoms with Crippen LogP contribution in [0.25, 0.3) is 0 Å². The molecule has 11 heavy (non-hydrogen) atoms. The second-order valence-electron chi connectivity index (χ2n) is 4.36. The molecule has 0 aliphatic heterocycles. The first-order valence-corrected chi connectivity index (χ1v) is 5.23. The Labute approximate surface area is 71.4 Å². The molecule has 0 aromatic rings. The molecule has 0 nitrogen and oxygen atoms in total. The number of rotatable bonds is 2. The maximum Gasteiger partial charge on any atom is -0.0300 e. The topological polar surface area (TPSA) is 0 Å². The highest BCUT2D eigenvalue weighted by Crippen LogP contribution is 2.44. The van der Waals surface area contributed by atoms with Crippen LogP contribution in [0, 0.1) is 11.3 Å². The zero-order valence-electron chi connectivity index (χ0n) is 8.32.